The van der Waals surface area contributed by atoms with Gasteiger partial charge in [0.05, 0.1) is 12.9 Å². The molecule has 2 aromatic heterocycles. The Kier molecular flexibility index (Phi) is 2.53. The Morgan fingerprint density at radius 2 is 1.88 bits per heavy atom. The standard InChI is InChI=1S/C13H10ClN3/c14-11-5-3-10(4-6-11)8-17-9-16-12-2-1-7-15-13(12)17/h1-7,9H,8H2. The predicted molar refractivity (Wildman–Crippen MR) is 68.1 cm³/mol. The minimum atomic E-state index is 0.752. The topological polar surface area (TPSA) is 30.7 Å². The van der Waals surface area contributed by atoms with E-state index in [-0.39, 0.29) is 0 Å². The van der Waals surface area contributed by atoms with Crippen molar-refractivity contribution in [3.05, 3.63) is 59.5 Å². The van der Waals surface area contributed by atoms with Crippen molar-refractivity contribution in [1.29, 1.82) is 0 Å². The number of hydrogen-bond acceptors (Lipinski definition) is 2. The highest BCUT2D eigenvalue weighted by Crippen LogP contribution is 2.14. The van der Waals surface area contributed by atoms with Crippen molar-refractivity contribution in [3.8, 4) is 0 Å². The van der Waals surface area contributed by atoms with E-state index < -0.39 is 0 Å². The van der Waals surface area contributed by atoms with Gasteiger partial charge in [-0.05, 0) is 29.8 Å². The molecule has 3 rings (SSSR count). The highest BCUT2D eigenvalue weighted by Gasteiger charge is 2.03. The molecule has 0 bridgehead atoms. The van der Waals surface area contributed by atoms with Crippen molar-refractivity contribution in [2.75, 3.05) is 0 Å². The Morgan fingerprint density at radius 1 is 1.06 bits per heavy atom. The van der Waals surface area contributed by atoms with Crippen LogP contribution in [0.25, 0.3) is 11.2 Å². The van der Waals surface area contributed by atoms with Gasteiger partial charge in [0.25, 0.3) is 0 Å². The van der Waals surface area contributed by atoms with Gasteiger partial charge < -0.3 is 4.57 Å². The van der Waals surface area contributed by atoms with Gasteiger partial charge in [-0.2, -0.15) is 0 Å². The molecule has 0 amide bonds. The zero-order valence-corrected chi connectivity index (χ0v) is 9.80. The van der Waals surface area contributed by atoms with E-state index in [1.165, 1.54) is 5.56 Å². The molecular formula is C13H10ClN3. The number of nitrogens with zero attached hydrogens (tertiary/aromatic N) is 3. The third-order valence-corrected chi connectivity index (χ3v) is 2.89. The van der Waals surface area contributed by atoms with Gasteiger partial charge in [-0.3, -0.25) is 0 Å². The van der Waals surface area contributed by atoms with Crippen molar-refractivity contribution < 1.29 is 0 Å². The van der Waals surface area contributed by atoms with Crippen LogP contribution in [0.3, 0.4) is 0 Å². The number of pyridine rings is 1. The average molecular weight is 244 g/mol. The lowest BCUT2D eigenvalue weighted by Gasteiger charge is -2.03. The van der Waals surface area contributed by atoms with Gasteiger partial charge >= 0.3 is 0 Å². The molecule has 3 aromatic rings. The Balaban J connectivity index is 1.97. The molecule has 0 atom stereocenters. The number of hydrogen-bond donors (Lipinski definition) is 0. The van der Waals surface area contributed by atoms with E-state index in [1.54, 1.807) is 6.20 Å². The normalized spacial score (nSPS) is 10.9. The molecule has 0 aliphatic heterocycles. The van der Waals surface area contributed by atoms with Gasteiger partial charge in [-0.15, -0.1) is 0 Å². The van der Waals surface area contributed by atoms with E-state index in [4.69, 9.17) is 11.6 Å². The van der Waals surface area contributed by atoms with Crippen LogP contribution < -0.4 is 0 Å². The number of fused-ring (bicyclic) bond motifs is 1. The number of rotatable bonds is 2. The summed E-state index contributed by atoms with van der Waals surface area (Å²) < 4.78 is 2.03. The van der Waals surface area contributed by atoms with Crippen LogP contribution in [0.1, 0.15) is 5.56 Å². The molecule has 17 heavy (non-hydrogen) atoms. The number of benzene rings is 1. The molecule has 0 saturated heterocycles. The summed E-state index contributed by atoms with van der Waals surface area (Å²) in [6.45, 7) is 0.755. The lowest BCUT2D eigenvalue weighted by Crippen LogP contribution is -1.98. The lowest BCUT2D eigenvalue weighted by molar-refractivity contribution is 0.814. The Labute approximate surface area is 104 Å². The SMILES string of the molecule is Clc1ccc(Cn2cnc3cccnc32)cc1. The summed E-state index contributed by atoms with van der Waals surface area (Å²) in [6, 6.07) is 11.7. The summed E-state index contributed by atoms with van der Waals surface area (Å²) in [4.78, 5) is 8.64. The third-order valence-electron chi connectivity index (χ3n) is 2.64. The number of aromatic nitrogens is 3. The van der Waals surface area contributed by atoms with Crippen LogP contribution in [0.5, 0.6) is 0 Å². The van der Waals surface area contributed by atoms with Crippen molar-refractivity contribution in [2.24, 2.45) is 0 Å². The number of halogens is 1. The first-order valence-electron chi connectivity index (χ1n) is 5.33. The summed E-state index contributed by atoms with van der Waals surface area (Å²) >= 11 is 5.86. The van der Waals surface area contributed by atoms with Gasteiger partial charge in [0.1, 0.15) is 5.52 Å². The van der Waals surface area contributed by atoms with Gasteiger partial charge in [-0.1, -0.05) is 23.7 Å². The second kappa shape index (κ2) is 4.18. The lowest BCUT2D eigenvalue weighted by atomic mass is 10.2. The number of imidazole rings is 1. The van der Waals surface area contributed by atoms with Gasteiger partial charge in [0.15, 0.2) is 5.65 Å². The maximum atomic E-state index is 5.86. The van der Waals surface area contributed by atoms with Crippen LogP contribution in [0, 0.1) is 0 Å². The van der Waals surface area contributed by atoms with Crippen LogP contribution in [-0.4, -0.2) is 14.5 Å². The highest BCUT2D eigenvalue weighted by molar-refractivity contribution is 6.30. The molecule has 3 nitrogen and oxygen atoms in total. The van der Waals surface area contributed by atoms with E-state index >= 15 is 0 Å². The van der Waals surface area contributed by atoms with E-state index in [1.807, 2.05) is 47.3 Å². The fourth-order valence-corrected chi connectivity index (χ4v) is 1.93. The van der Waals surface area contributed by atoms with Gasteiger partial charge in [0.2, 0.25) is 0 Å². The average Bonchev–Trinajstić information content (AvgIpc) is 2.76. The van der Waals surface area contributed by atoms with E-state index in [2.05, 4.69) is 9.97 Å². The molecular weight excluding hydrogens is 234 g/mol. The summed E-state index contributed by atoms with van der Waals surface area (Å²) in [7, 11) is 0. The molecule has 0 fully saturated rings. The van der Waals surface area contributed by atoms with Crippen molar-refractivity contribution in [3.63, 3.8) is 0 Å². The zero-order chi connectivity index (χ0) is 11.7. The maximum Gasteiger partial charge on any atom is 0.160 e. The first-order chi connectivity index (χ1) is 8.33. The van der Waals surface area contributed by atoms with E-state index in [0.717, 1.165) is 22.7 Å². The summed E-state index contributed by atoms with van der Waals surface area (Å²) in [5, 5.41) is 0.752. The first-order valence-corrected chi connectivity index (χ1v) is 5.71. The van der Waals surface area contributed by atoms with Crippen LogP contribution in [0.2, 0.25) is 5.02 Å². The summed E-state index contributed by atoms with van der Waals surface area (Å²) in [6.07, 6.45) is 3.59. The van der Waals surface area contributed by atoms with Crippen LogP contribution in [0.4, 0.5) is 0 Å². The molecule has 4 heteroatoms. The minimum absolute atomic E-state index is 0.752. The molecule has 2 heterocycles. The molecule has 1 aromatic carbocycles. The van der Waals surface area contributed by atoms with Crippen molar-refractivity contribution in [2.45, 2.75) is 6.54 Å². The van der Waals surface area contributed by atoms with Gasteiger partial charge in [0, 0.05) is 11.2 Å². The highest BCUT2D eigenvalue weighted by atomic mass is 35.5. The molecule has 0 aliphatic rings. The van der Waals surface area contributed by atoms with E-state index in [0.29, 0.717) is 0 Å². The maximum absolute atomic E-state index is 5.86. The fraction of sp³-hybridized carbons (Fsp3) is 0.0769. The van der Waals surface area contributed by atoms with E-state index in [9.17, 15) is 0 Å². The molecule has 0 radical (unpaired) electrons. The van der Waals surface area contributed by atoms with Gasteiger partial charge in [-0.25, -0.2) is 9.97 Å². The Hall–Kier alpha value is -1.87. The van der Waals surface area contributed by atoms with Crippen molar-refractivity contribution in [1.82, 2.24) is 14.5 Å². The Morgan fingerprint density at radius 3 is 2.71 bits per heavy atom. The summed E-state index contributed by atoms with van der Waals surface area (Å²) in [5.41, 5.74) is 3.00. The largest absolute Gasteiger partial charge is 0.311 e. The molecule has 0 spiro atoms. The second-order valence-corrected chi connectivity index (χ2v) is 4.28. The minimum Gasteiger partial charge on any atom is -0.311 e. The predicted octanol–water partition coefficient (Wildman–Crippen LogP) is 3.13. The zero-order valence-electron chi connectivity index (χ0n) is 9.05. The first kappa shape index (κ1) is 10.3. The Bertz CT molecular complexity index is 643. The van der Waals surface area contributed by atoms with Crippen LogP contribution >= 0.6 is 11.6 Å². The molecule has 0 unspecified atom stereocenters. The van der Waals surface area contributed by atoms with Crippen LogP contribution in [0.15, 0.2) is 48.9 Å². The quantitative estimate of drug-likeness (QED) is 0.692. The smallest absolute Gasteiger partial charge is 0.160 e. The summed E-state index contributed by atoms with van der Waals surface area (Å²) in [5.74, 6) is 0. The molecule has 0 N–H and O–H groups in total. The monoisotopic (exact) mass is 243 g/mol. The third kappa shape index (κ3) is 2.01. The molecule has 84 valence electrons. The second-order valence-electron chi connectivity index (χ2n) is 3.85. The fourth-order valence-electron chi connectivity index (χ4n) is 1.80. The van der Waals surface area contributed by atoms with Crippen molar-refractivity contribution >= 4 is 22.8 Å². The molecule has 0 aliphatic carbocycles. The van der Waals surface area contributed by atoms with Crippen LogP contribution in [-0.2, 0) is 6.54 Å². The molecule has 0 saturated carbocycles.